The molecule has 1 aliphatic rings. The molecule has 0 radical (unpaired) electrons. The first-order valence-electron chi connectivity index (χ1n) is 7.79. The SMILES string of the molecule is COC(=O)[C@H]1CCC[C@@H]1CC(=O)c1ccc2ccccc2c1. The number of esters is 1. The first-order chi connectivity index (χ1) is 10.7. The lowest BCUT2D eigenvalue weighted by atomic mass is 9.89. The van der Waals surface area contributed by atoms with E-state index in [4.69, 9.17) is 4.74 Å². The lowest BCUT2D eigenvalue weighted by Gasteiger charge is -2.16. The minimum Gasteiger partial charge on any atom is -0.469 e. The van der Waals surface area contributed by atoms with E-state index in [1.807, 2.05) is 42.5 Å². The van der Waals surface area contributed by atoms with Gasteiger partial charge in [0, 0.05) is 12.0 Å². The number of benzene rings is 2. The van der Waals surface area contributed by atoms with Crippen LogP contribution in [-0.2, 0) is 9.53 Å². The fourth-order valence-electron chi connectivity index (χ4n) is 3.46. The lowest BCUT2D eigenvalue weighted by molar-refractivity contribution is -0.146. The number of rotatable bonds is 4. The van der Waals surface area contributed by atoms with Gasteiger partial charge in [-0.3, -0.25) is 9.59 Å². The van der Waals surface area contributed by atoms with Crippen molar-refractivity contribution in [2.45, 2.75) is 25.7 Å². The van der Waals surface area contributed by atoms with Crippen LogP contribution in [0, 0.1) is 11.8 Å². The third-order valence-electron chi connectivity index (χ3n) is 4.68. The number of Topliss-reactive ketones (excluding diaryl/α,β-unsaturated/α-hetero) is 1. The topological polar surface area (TPSA) is 43.4 Å². The van der Waals surface area contributed by atoms with E-state index in [-0.39, 0.29) is 23.6 Å². The highest BCUT2D eigenvalue weighted by Crippen LogP contribution is 2.35. The molecule has 0 spiro atoms. The minimum absolute atomic E-state index is 0.116. The largest absolute Gasteiger partial charge is 0.469 e. The molecule has 0 heterocycles. The summed E-state index contributed by atoms with van der Waals surface area (Å²) < 4.78 is 4.86. The predicted molar refractivity (Wildman–Crippen MR) is 85.7 cm³/mol. The van der Waals surface area contributed by atoms with Gasteiger partial charge in [-0.05, 0) is 35.6 Å². The van der Waals surface area contributed by atoms with Crippen LogP contribution in [0.3, 0.4) is 0 Å². The van der Waals surface area contributed by atoms with Gasteiger partial charge < -0.3 is 4.74 Å². The van der Waals surface area contributed by atoms with E-state index >= 15 is 0 Å². The van der Waals surface area contributed by atoms with E-state index in [1.165, 1.54) is 7.11 Å². The van der Waals surface area contributed by atoms with Crippen molar-refractivity contribution in [3.8, 4) is 0 Å². The molecule has 0 unspecified atom stereocenters. The molecule has 0 amide bonds. The number of hydrogen-bond donors (Lipinski definition) is 0. The zero-order valence-electron chi connectivity index (χ0n) is 12.7. The molecule has 0 bridgehead atoms. The molecule has 3 nitrogen and oxygen atoms in total. The number of ether oxygens (including phenoxy) is 1. The Morgan fingerprint density at radius 3 is 2.64 bits per heavy atom. The Hall–Kier alpha value is -2.16. The van der Waals surface area contributed by atoms with E-state index in [0.717, 1.165) is 35.6 Å². The van der Waals surface area contributed by atoms with E-state index in [0.29, 0.717) is 6.42 Å². The van der Waals surface area contributed by atoms with Crippen LogP contribution < -0.4 is 0 Å². The molecule has 3 heteroatoms. The molecule has 2 atom stereocenters. The van der Waals surface area contributed by atoms with Crippen LogP contribution in [0.15, 0.2) is 42.5 Å². The molecule has 1 fully saturated rings. The van der Waals surface area contributed by atoms with Crippen molar-refractivity contribution in [1.29, 1.82) is 0 Å². The summed E-state index contributed by atoms with van der Waals surface area (Å²) in [4.78, 5) is 24.3. The molecule has 114 valence electrons. The second-order valence-corrected chi connectivity index (χ2v) is 6.01. The van der Waals surface area contributed by atoms with Crippen molar-refractivity contribution in [1.82, 2.24) is 0 Å². The van der Waals surface area contributed by atoms with E-state index in [9.17, 15) is 9.59 Å². The van der Waals surface area contributed by atoms with Gasteiger partial charge in [0.15, 0.2) is 5.78 Å². The van der Waals surface area contributed by atoms with Gasteiger partial charge >= 0.3 is 5.97 Å². The third kappa shape index (κ3) is 2.89. The molecule has 0 saturated heterocycles. The van der Waals surface area contributed by atoms with Gasteiger partial charge in [-0.25, -0.2) is 0 Å². The lowest BCUT2D eigenvalue weighted by Crippen LogP contribution is -2.22. The molecule has 22 heavy (non-hydrogen) atoms. The van der Waals surface area contributed by atoms with Gasteiger partial charge in [0.2, 0.25) is 0 Å². The third-order valence-corrected chi connectivity index (χ3v) is 4.68. The van der Waals surface area contributed by atoms with Crippen LogP contribution in [0.2, 0.25) is 0 Å². The van der Waals surface area contributed by atoms with Crippen molar-refractivity contribution in [3.63, 3.8) is 0 Å². The highest BCUT2D eigenvalue weighted by atomic mass is 16.5. The van der Waals surface area contributed by atoms with Crippen LogP contribution in [0.5, 0.6) is 0 Å². The average Bonchev–Trinajstić information content (AvgIpc) is 3.01. The van der Waals surface area contributed by atoms with Crippen molar-refractivity contribution in [2.75, 3.05) is 7.11 Å². The zero-order chi connectivity index (χ0) is 15.5. The van der Waals surface area contributed by atoms with E-state index < -0.39 is 0 Å². The van der Waals surface area contributed by atoms with E-state index in [2.05, 4.69) is 0 Å². The van der Waals surface area contributed by atoms with Crippen LogP contribution >= 0.6 is 0 Å². The Kier molecular flexibility index (Phi) is 4.23. The monoisotopic (exact) mass is 296 g/mol. The Balaban J connectivity index is 1.76. The van der Waals surface area contributed by atoms with Crippen LogP contribution in [-0.4, -0.2) is 18.9 Å². The Labute approximate surface area is 130 Å². The van der Waals surface area contributed by atoms with Crippen molar-refractivity contribution >= 4 is 22.5 Å². The van der Waals surface area contributed by atoms with E-state index in [1.54, 1.807) is 0 Å². The number of carbonyl (C=O) groups excluding carboxylic acids is 2. The molecule has 3 rings (SSSR count). The highest BCUT2D eigenvalue weighted by Gasteiger charge is 2.35. The van der Waals surface area contributed by atoms with Gasteiger partial charge in [0.05, 0.1) is 13.0 Å². The summed E-state index contributed by atoms with van der Waals surface area (Å²) in [5.74, 6) is -0.0544. The van der Waals surface area contributed by atoms with Gasteiger partial charge in [-0.2, -0.15) is 0 Å². The number of carbonyl (C=O) groups is 2. The summed E-state index contributed by atoms with van der Waals surface area (Å²) >= 11 is 0. The maximum Gasteiger partial charge on any atom is 0.308 e. The highest BCUT2D eigenvalue weighted by molar-refractivity contribution is 6.00. The number of fused-ring (bicyclic) bond motifs is 1. The fraction of sp³-hybridized carbons (Fsp3) is 0.368. The normalized spacial score (nSPS) is 21.0. The molecule has 0 N–H and O–H groups in total. The summed E-state index contributed by atoms with van der Waals surface area (Å²) in [5, 5.41) is 2.21. The number of methoxy groups -OCH3 is 1. The molecule has 2 aromatic rings. The smallest absolute Gasteiger partial charge is 0.308 e. The van der Waals surface area contributed by atoms with Gasteiger partial charge in [-0.15, -0.1) is 0 Å². The summed E-state index contributed by atoms with van der Waals surface area (Å²) in [6, 6.07) is 13.8. The molecule has 1 aliphatic carbocycles. The summed E-state index contributed by atoms with van der Waals surface area (Å²) in [7, 11) is 1.42. The van der Waals surface area contributed by atoms with Gasteiger partial charge in [0.1, 0.15) is 0 Å². The number of hydrogen-bond acceptors (Lipinski definition) is 3. The van der Waals surface area contributed by atoms with Crippen molar-refractivity contribution in [3.05, 3.63) is 48.0 Å². The molecule has 0 aromatic heterocycles. The summed E-state index contributed by atoms with van der Waals surface area (Å²) in [5.41, 5.74) is 0.731. The van der Waals surface area contributed by atoms with Crippen LogP contribution in [0.1, 0.15) is 36.0 Å². The van der Waals surface area contributed by atoms with Crippen molar-refractivity contribution in [2.24, 2.45) is 11.8 Å². The Bertz CT molecular complexity index is 705. The molecule has 0 aliphatic heterocycles. The van der Waals surface area contributed by atoms with Crippen LogP contribution in [0.25, 0.3) is 10.8 Å². The molecule has 1 saturated carbocycles. The van der Waals surface area contributed by atoms with Gasteiger partial charge in [-0.1, -0.05) is 42.8 Å². The Morgan fingerprint density at radius 2 is 1.86 bits per heavy atom. The van der Waals surface area contributed by atoms with Crippen LogP contribution in [0.4, 0.5) is 0 Å². The average molecular weight is 296 g/mol. The Morgan fingerprint density at radius 1 is 1.09 bits per heavy atom. The number of ketones is 1. The van der Waals surface area contributed by atoms with Gasteiger partial charge in [0.25, 0.3) is 0 Å². The second kappa shape index (κ2) is 6.30. The zero-order valence-corrected chi connectivity index (χ0v) is 12.7. The summed E-state index contributed by atoms with van der Waals surface area (Å²) in [6.45, 7) is 0. The summed E-state index contributed by atoms with van der Waals surface area (Å²) in [6.07, 6.45) is 3.19. The quantitative estimate of drug-likeness (QED) is 0.632. The first kappa shape index (κ1) is 14.8. The van der Waals surface area contributed by atoms with Crippen molar-refractivity contribution < 1.29 is 14.3 Å². The standard InChI is InChI=1S/C19H20O3/c1-22-19(21)17-8-4-7-15(17)12-18(20)16-10-9-13-5-2-3-6-14(13)11-16/h2-3,5-6,9-11,15,17H,4,7-8,12H2,1H3/t15-,17+/m1/s1. The maximum atomic E-state index is 12.5. The second-order valence-electron chi connectivity index (χ2n) is 6.01. The predicted octanol–water partition coefficient (Wildman–Crippen LogP) is 4.00. The molecular weight excluding hydrogens is 276 g/mol. The molecule has 2 aromatic carbocycles. The maximum absolute atomic E-state index is 12.5. The molecular formula is C19H20O3. The fourth-order valence-corrected chi connectivity index (χ4v) is 3.46. The first-order valence-corrected chi connectivity index (χ1v) is 7.79. The minimum atomic E-state index is -0.172.